The lowest BCUT2D eigenvalue weighted by Gasteiger charge is -2.20. The van der Waals surface area contributed by atoms with E-state index in [9.17, 15) is 9.59 Å². The summed E-state index contributed by atoms with van der Waals surface area (Å²) in [6.45, 7) is 15.0. The molecular weight excluding hydrogens is 280 g/mol. The van der Waals surface area contributed by atoms with Crippen molar-refractivity contribution in [2.24, 2.45) is 0 Å². The highest BCUT2D eigenvalue weighted by Gasteiger charge is 2.19. The quantitative estimate of drug-likeness (QED) is 0.575. The number of esters is 1. The number of ether oxygens (including phenoxy) is 1. The van der Waals surface area contributed by atoms with Crippen LogP contribution in [-0.4, -0.2) is 41.0 Å². The zero-order valence-electron chi connectivity index (χ0n) is 14.2. The zero-order chi connectivity index (χ0) is 16.9. The summed E-state index contributed by atoms with van der Waals surface area (Å²) in [5.74, 6) is -0.657. The van der Waals surface area contributed by atoms with Gasteiger partial charge in [-0.25, -0.2) is 4.79 Å². The van der Waals surface area contributed by atoms with Gasteiger partial charge >= 0.3 is 5.97 Å². The van der Waals surface area contributed by atoms with Gasteiger partial charge in [0.2, 0.25) is 0 Å². The highest BCUT2D eigenvalue weighted by atomic mass is 16.5. The van der Waals surface area contributed by atoms with Crippen LogP contribution in [0.1, 0.15) is 42.5 Å². The van der Waals surface area contributed by atoms with Crippen molar-refractivity contribution in [1.82, 2.24) is 9.47 Å². The van der Waals surface area contributed by atoms with Crippen molar-refractivity contribution in [2.75, 3.05) is 19.7 Å². The fourth-order valence-electron chi connectivity index (χ4n) is 2.49. The van der Waals surface area contributed by atoms with E-state index in [0.717, 1.165) is 23.5 Å². The average Bonchev–Trinajstić information content (AvgIpc) is 2.76. The zero-order valence-corrected chi connectivity index (χ0v) is 14.2. The second-order valence-corrected chi connectivity index (χ2v) is 5.47. The standard InChI is InChI=1S/C17H26N2O3/c1-7-18(10-12(3)4)16(20)11-22-17(21)15-9-13(5)19(8-2)14(15)6/h9H,3,7-8,10-11H2,1-2,4-6H3. The molecular formula is C17H26N2O3. The van der Waals surface area contributed by atoms with Crippen LogP contribution in [0.15, 0.2) is 18.2 Å². The lowest BCUT2D eigenvalue weighted by molar-refractivity contribution is -0.133. The molecule has 5 heteroatoms. The monoisotopic (exact) mass is 306 g/mol. The van der Waals surface area contributed by atoms with E-state index in [4.69, 9.17) is 4.74 Å². The number of nitrogens with zero attached hydrogens (tertiary/aromatic N) is 2. The number of likely N-dealkylation sites (N-methyl/N-ethyl adjacent to an activating group) is 1. The van der Waals surface area contributed by atoms with Gasteiger partial charge in [0.15, 0.2) is 6.61 Å². The third kappa shape index (κ3) is 4.23. The van der Waals surface area contributed by atoms with Crippen molar-refractivity contribution in [3.8, 4) is 0 Å². The molecule has 122 valence electrons. The lowest BCUT2D eigenvalue weighted by atomic mass is 10.2. The number of amides is 1. The van der Waals surface area contributed by atoms with E-state index in [1.54, 1.807) is 11.0 Å². The Morgan fingerprint density at radius 3 is 2.41 bits per heavy atom. The Morgan fingerprint density at radius 1 is 1.32 bits per heavy atom. The molecule has 1 amide bonds. The minimum absolute atomic E-state index is 0.205. The number of aromatic nitrogens is 1. The molecule has 5 nitrogen and oxygen atoms in total. The molecule has 0 aliphatic rings. The number of carbonyl (C=O) groups excluding carboxylic acids is 2. The highest BCUT2D eigenvalue weighted by molar-refractivity contribution is 5.92. The second kappa shape index (κ2) is 7.82. The predicted molar refractivity (Wildman–Crippen MR) is 86.9 cm³/mol. The summed E-state index contributed by atoms with van der Waals surface area (Å²) >= 11 is 0. The first-order valence-corrected chi connectivity index (χ1v) is 7.57. The summed E-state index contributed by atoms with van der Waals surface area (Å²) in [5.41, 5.74) is 3.30. The molecule has 1 aromatic heterocycles. The second-order valence-electron chi connectivity index (χ2n) is 5.47. The van der Waals surface area contributed by atoms with Gasteiger partial charge in [-0.2, -0.15) is 0 Å². The molecule has 0 saturated heterocycles. The first-order chi connectivity index (χ1) is 10.3. The van der Waals surface area contributed by atoms with E-state index in [0.29, 0.717) is 18.7 Å². The maximum atomic E-state index is 12.2. The fraction of sp³-hybridized carbons (Fsp3) is 0.529. The minimum Gasteiger partial charge on any atom is -0.452 e. The van der Waals surface area contributed by atoms with Crippen LogP contribution >= 0.6 is 0 Å². The van der Waals surface area contributed by atoms with Crippen LogP contribution in [0.25, 0.3) is 0 Å². The topological polar surface area (TPSA) is 51.5 Å². The van der Waals surface area contributed by atoms with E-state index in [-0.39, 0.29) is 12.5 Å². The molecule has 0 aliphatic heterocycles. The van der Waals surface area contributed by atoms with E-state index in [2.05, 4.69) is 6.58 Å². The molecule has 1 rings (SSSR count). The van der Waals surface area contributed by atoms with E-state index >= 15 is 0 Å². The lowest BCUT2D eigenvalue weighted by Crippen LogP contribution is -2.35. The highest BCUT2D eigenvalue weighted by Crippen LogP contribution is 2.16. The maximum Gasteiger partial charge on any atom is 0.340 e. The van der Waals surface area contributed by atoms with Gasteiger partial charge in [-0.3, -0.25) is 4.79 Å². The Morgan fingerprint density at radius 2 is 1.95 bits per heavy atom. The molecule has 0 radical (unpaired) electrons. The molecule has 0 aliphatic carbocycles. The molecule has 22 heavy (non-hydrogen) atoms. The normalized spacial score (nSPS) is 10.4. The van der Waals surface area contributed by atoms with Crippen molar-refractivity contribution >= 4 is 11.9 Å². The van der Waals surface area contributed by atoms with Gasteiger partial charge in [-0.15, -0.1) is 0 Å². The molecule has 0 spiro atoms. The van der Waals surface area contributed by atoms with Crippen molar-refractivity contribution < 1.29 is 14.3 Å². The summed E-state index contributed by atoms with van der Waals surface area (Å²) in [7, 11) is 0. The largest absolute Gasteiger partial charge is 0.452 e. The fourth-order valence-corrected chi connectivity index (χ4v) is 2.49. The number of carbonyl (C=O) groups is 2. The Bertz CT molecular complexity index is 573. The number of rotatable bonds is 7. The summed E-state index contributed by atoms with van der Waals surface area (Å²) in [4.78, 5) is 25.8. The van der Waals surface area contributed by atoms with Gasteiger partial charge in [0.1, 0.15) is 0 Å². The van der Waals surface area contributed by atoms with Crippen molar-refractivity contribution in [3.63, 3.8) is 0 Å². The summed E-state index contributed by atoms with van der Waals surface area (Å²) < 4.78 is 7.21. The van der Waals surface area contributed by atoms with Crippen LogP contribution < -0.4 is 0 Å². The van der Waals surface area contributed by atoms with Crippen LogP contribution in [0.4, 0.5) is 0 Å². The molecule has 1 heterocycles. The first-order valence-electron chi connectivity index (χ1n) is 7.57. The average molecular weight is 306 g/mol. The Labute approximate surface area is 132 Å². The van der Waals surface area contributed by atoms with Gasteiger partial charge < -0.3 is 14.2 Å². The number of hydrogen-bond acceptors (Lipinski definition) is 3. The molecule has 0 unspecified atom stereocenters. The van der Waals surface area contributed by atoms with Crippen molar-refractivity contribution in [1.29, 1.82) is 0 Å². The van der Waals surface area contributed by atoms with Gasteiger partial charge in [-0.05, 0) is 40.7 Å². The van der Waals surface area contributed by atoms with Crippen LogP contribution in [0, 0.1) is 13.8 Å². The summed E-state index contributed by atoms with van der Waals surface area (Å²) in [6.07, 6.45) is 0. The van der Waals surface area contributed by atoms with Gasteiger partial charge in [-0.1, -0.05) is 12.2 Å². The SMILES string of the molecule is C=C(C)CN(CC)C(=O)COC(=O)c1cc(C)n(CC)c1C. The van der Waals surface area contributed by atoms with Crippen LogP contribution in [0.2, 0.25) is 0 Å². The number of aryl methyl sites for hydroxylation is 1. The maximum absolute atomic E-state index is 12.2. The van der Waals surface area contributed by atoms with E-state index in [1.165, 1.54) is 0 Å². The van der Waals surface area contributed by atoms with Crippen molar-refractivity contribution in [3.05, 3.63) is 35.2 Å². The third-order valence-corrected chi connectivity index (χ3v) is 3.63. The van der Waals surface area contributed by atoms with E-state index in [1.807, 2.05) is 39.2 Å². The molecule has 0 fully saturated rings. The first kappa shape index (κ1) is 18.0. The molecule has 0 N–H and O–H groups in total. The summed E-state index contributed by atoms with van der Waals surface area (Å²) in [5, 5.41) is 0. The van der Waals surface area contributed by atoms with Gasteiger partial charge in [0.05, 0.1) is 5.56 Å². The van der Waals surface area contributed by atoms with Gasteiger partial charge in [0.25, 0.3) is 5.91 Å². The number of hydrogen-bond donors (Lipinski definition) is 0. The Kier molecular flexibility index (Phi) is 6.40. The van der Waals surface area contributed by atoms with Gasteiger partial charge in [0, 0.05) is 31.0 Å². The Hall–Kier alpha value is -2.04. The van der Waals surface area contributed by atoms with Crippen LogP contribution in [0.5, 0.6) is 0 Å². The molecule has 0 aromatic carbocycles. The molecule has 0 saturated carbocycles. The molecule has 0 atom stereocenters. The van der Waals surface area contributed by atoms with Crippen molar-refractivity contribution in [2.45, 2.75) is 41.2 Å². The predicted octanol–water partition coefficient (Wildman–Crippen LogP) is 2.71. The molecule has 0 bridgehead atoms. The minimum atomic E-state index is -0.451. The van der Waals surface area contributed by atoms with Crippen LogP contribution in [0.3, 0.4) is 0 Å². The smallest absolute Gasteiger partial charge is 0.340 e. The third-order valence-electron chi connectivity index (χ3n) is 3.63. The molecule has 1 aromatic rings. The summed E-state index contributed by atoms with van der Waals surface area (Å²) in [6, 6.07) is 1.80. The Balaban J connectivity index is 2.70. The van der Waals surface area contributed by atoms with E-state index < -0.39 is 5.97 Å². The van der Waals surface area contributed by atoms with Crippen LogP contribution in [-0.2, 0) is 16.1 Å².